The van der Waals surface area contributed by atoms with E-state index in [0.717, 1.165) is 5.56 Å². The number of ether oxygens (including phenoxy) is 1. The molecule has 0 bridgehead atoms. The van der Waals surface area contributed by atoms with Gasteiger partial charge in [0.1, 0.15) is 18.3 Å². The molecular weight excluding hydrogens is 306 g/mol. The molecule has 2 aromatic rings. The van der Waals surface area contributed by atoms with E-state index in [-0.39, 0.29) is 12.2 Å². The van der Waals surface area contributed by atoms with Crippen molar-refractivity contribution in [2.75, 3.05) is 6.61 Å². The van der Waals surface area contributed by atoms with Gasteiger partial charge in [-0.1, -0.05) is 30.3 Å². The molecule has 2 rings (SSSR count). The number of carbonyl (C=O) groups excluding carboxylic acids is 2. The molecule has 1 atom stereocenters. The van der Waals surface area contributed by atoms with Gasteiger partial charge in [-0.3, -0.25) is 4.79 Å². The number of ketones is 1. The molecule has 126 valence electrons. The molecule has 24 heavy (non-hydrogen) atoms. The maximum absolute atomic E-state index is 12.3. The molecule has 5 heteroatoms. The SMILES string of the molecule is CCOc1ccc(C(=O)C[C@H]([NH2+]Cc2ccccc2)C(=O)[O-])cc1. The van der Waals surface area contributed by atoms with Crippen molar-refractivity contribution in [2.24, 2.45) is 0 Å². The molecule has 0 spiro atoms. The Morgan fingerprint density at radius 1 is 1.08 bits per heavy atom. The van der Waals surface area contributed by atoms with Crippen LogP contribution in [0.4, 0.5) is 0 Å². The predicted octanol–water partition coefficient (Wildman–Crippen LogP) is 0.540. The van der Waals surface area contributed by atoms with Crippen LogP contribution in [0.15, 0.2) is 54.6 Å². The number of rotatable bonds is 9. The number of hydrogen-bond acceptors (Lipinski definition) is 4. The topological polar surface area (TPSA) is 83.0 Å². The minimum atomic E-state index is -1.23. The maximum Gasteiger partial charge on any atom is 0.169 e. The van der Waals surface area contributed by atoms with Crippen LogP contribution in [-0.4, -0.2) is 24.4 Å². The van der Waals surface area contributed by atoms with Crippen molar-refractivity contribution in [3.63, 3.8) is 0 Å². The second-order valence-corrected chi connectivity index (χ2v) is 5.44. The highest BCUT2D eigenvalue weighted by Gasteiger charge is 2.19. The van der Waals surface area contributed by atoms with Crippen LogP contribution in [-0.2, 0) is 11.3 Å². The van der Waals surface area contributed by atoms with Crippen molar-refractivity contribution in [2.45, 2.75) is 25.9 Å². The largest absolute Gasteiger partial charge is 0.544 e. The summed E-state index contributed by atoms with van der Waals surface area (Å²) < 4.78 is 5.33. The average molecular weight is 327 g/mol. The zero-order valence-corrected chi connectivity index (χ0v) is 13.6. The van der Waals surface area contributed by atoms with Gasteiger partial charge in [0.2, 0.25) is 0 Å². The molecule has 0 radical (unpaired) electrons. The molecule has 0 aliphatic carbocycles. The van der Waals surface area contributed by atoms with Crippen LogP contribution in [0.3, 0.4) is 0 Å². The Balaban J connectivity index is 1.96. The number of nitrogens with two attached hydrogens (primary N) is 1. The van der Waals surface area contributed by atoms with Gasteiger partial charge in [-0.2, -0.15) is 0 Å². The Hall–Kier alpha value is -2.66. The Bertz CT molecular complexity index is 668. The molecule has 0 aliphatic heterocycles. The van der Waals surface area contributed by atoms with Crippen LogP contribution in [0.5, 0.6) is 5.75 Å². The summed E-state index contributed by atoms with van der Waals surface area (Å²) in [7, 11) is 0. The van der Waals surface area contributed by atoms with E-state index >= 15 is 0 Å². The van der Waals surface area contributed by atoms with Gasteiger partial charge in [0.05, 0.1) is 19.0 Å². The van der Waals surface area contributed by atoms with E-state index in [1.54, 1.807) is 29.6 Å². The van der Waals surface area contributed by atoms with E-state index in [2.05, 4.69) is 0 Å². The summed E-state index contributed by atoms with van der Waals surface area (Å²) >= 11 is 0. The van der Waals surface area contributed by atoms with E-state index < -0.39 is 12.0 Å². The lowest BCUT2D eigenvalue weighted by Gasteiger charge is -2.16. The quantitative estimate of drug-likeness (QED) is 0.682. The van der Waals surface area contributed by atoms with E-state index in [9.17, 15) is 14.7 Å². The Morgan fingerprint density at radius 3 is 2.33 bits per heavy atom. The van der Waals surface area contributed by atoms with E-state index in [4.69, 9.17) is 4.74 Å². The molecule has 0 aromatic heterocycles. The zero-order chi connectivity index (χ0) is 17.4. The summed E-state index contributed by atoms with van der Waals surface area (Å²) in [4.78, 5) is 23.6. The molecule has 0 fully saturated rings. The Kier molecular flexibility index (Phi) is 6.51. The molecule has 0 saturated carbocycles. The molecule has 2 N–H and O–H groups in total. The lowest BCUT2D eigenvalue weighted by atomic mass is 10.0. The van der Waals surface area contributed by atoms with Crippen molar-refractivity contribution in [3.05, 3.63) is 65.7 Å². The second kappa shape index (κ2) is 8.84. The average Bonchev–Trinajstić information content (AvgIpc) is 2.60. The standard InChI is InChI=1S/C19H21NO4/c1-2-24-16-10-8-15(9-11-16)18(21)12-17(19(22)23)20-13-14-6-4-3-5-7-14/h3-11,17,20H,2,12-13H2,1H3,(H,22,23)/t17-/m0/s1. The molecule has 0 unspecified atom stereocenters. The second-order valence-electron chi connectivity index (χ2n) is 5.44. The van der Waals surface area contributed by atoms with E-state index in [1.807, 2.05) is 37.3 Å². The molecular formula is C19H21NO4. The van der Waals surface area contributed by atoms with Crippen LogP contribution in [0.1, 0.15) is 29.3 Å². The smallest absolute Gasteiger partial charge is 0.169 e. The van der Waals surface area contributed by atoms with Crippen LogP contribution < -0.4 is 15.2 Å². The van der Waals surface area contributed by atoms with Gasteiger partial charge in [-0.25, -0.2) is 0 Å². The Labute approximate surface area is 141 Å². The first kappa shape index (κ1) is 17.7. The summed E-state index contributed by atoms with van der Waals surface area (Å²) in [5.74, 6) is -0.775. The number of carboxylic acids is 1. The van der Waals surface area contributed by atoms with Crippen molar-refractivity contribution in [1.82, 2.24) is 0 Å². The van der Waals surface area contributed by atoms with Gasteiger partial charge in [-0.05, 0) is 31.2 Å². The minimum absolute atomic E-state index is 0.108. The number of carbonyl (C=O) groups is 2. The molecule has 0 amide bonds. The summed E-state index contributed by atoms with van der Waals surface area (Å²) in [6.45, 7) is 2.91. The van der Waals surface area contributed by atoms with Gasteiger partial charge in [-0.15, -0.1) is 0 Å². The fraction of sp³-hybridized carbons (Fsp3) is 0.263. The van der Waals surface area contributed by atoms with Gasteiger partial charge in [0, 0.05) is 11.1 Å². The third-order valence-electron chi connectivity index (χ3n) is 3.68. The third kappa shape index (κ3) is 5.21. The fourth-order valence-corrected chi connectivity index (χ4v) is 2.38. The number of carboxylic acid groups (broad SMARTS) is 1. The highest BCUT2D eigenvalue weighted by Crippen LogP contribution is 2.13. The normalized spacial score (nSPS) is 11.7. The number of aliphatic carboxylic acids is 1. The van der Waals surface area contributed by atoms with Crippen molar-refractivity contribution < 1.29 is 24.7 Å². The monoisotopic (exact) mass is 327 g/mol. The van der Waals surface area contributed by atoms with Crippen LogP contribution >= 0.6 is 0 Å². The van der Waals surface area contributed by atoms with Crippen LogP contribution in [0.2, 0.25) is 0 Å². The first-order chi connectivity index (χ1) is 11.6. The zero-order valence-electron chi connectivity index (χ0n) is 13.6. The summed E-state index contributed by atoms with van der Waals surface area (Å²) in [6.07, 6.45) is -0.108. The number of hydrogen-bond donors (Lipinski definition) is 1. The van der Waals surface area contributed by atoms with Crippen molar-refractivity contribution >= 4 is 11.8 Å². The van der Waals surface area contributed by atoms with Gasteiger partial charge < -0.3 is 20.0 Å². The van der Waals surface area contributed by atoms with Gasteiger partial charge >= 0.3 is 0 Å². The van der Waals surface area contributed by atoms with Crippen molar-refractivity contribution in [3.8, 4) is 5.75 Å². The maximum atomic E-state index is 12.3. The predicted molar refractivity (Wildman–Crippen MR) is 87.4 cm³/mol. The summed E-state index contributed by atoms with van der Waals surface area (Å²) in [5.41, 5.74) is 1.47. The fourth-order valence-electron chi connectivity index (χ4n) is 2.38. The number of Topliss-reactive ketones (excluding diaryl/α,β-unsaturated/α-hetero) is 1. The highest BCUT2D eigenvalue weighted by molar-refractivity contribution is 5.98. The highest BCUT2D eigenvalue weighted by atomic mass is 16.5. The summed E-state index contributed by atoms with van der Waals surface area (Å²) in [6, 6.07) is 15.3. The minimum Gasteiger partial charge on any atom is -0.544 e. The molecule has 0 aliphatic rings. The number of quaternary nitrogens is 1. The lowest BCUT2D eigenvalue weighted by molar-refractivity contribution is -0.697. The lowest BCUT2D eigenvalue weighted by Crippen LogP contribution is -2.92. The molecule has 0 saturated heterocycles. The molecule has 2 aromatic carbocycles. The Morgan fingerprint density at radius 2 is 1.75 bits per heavy atom. The van der Waals surface area contributed by atoms with Gasteiger partial charge in [0.25, 0.3) is 0 Å². The first-order valence-corrected chi connectivity index (χ1v) is 7.94. The van der Waals surface area contributed by atoms with Crippen molar-refractivity contribution in [1.29, 1.82) is 0 Å². The molecule has 0 heterocycles. The van der Waals surface area contributed by atoms with Crippen LogP contribution in [0, 0.1) is 0 Å². The van der Waals surface area contributed by atoms with E-state index in [1.165, 1.54) is 0 Å². The third-order valence-corrected chi connectivity index (χ3v) is 3.68. The summed E-state index contributed by atoms with van der Waals surface area (Å²) in [5, 5.41) is 12.9. The first-order valence-electron chi connectivity index (χ1n) is 7.94. The van der Waals surface area contributed by atoms with Gasteiger partial charge in [0.15, 0.2) is 5.78 Å². The van der Waals surface area contributed by atoms with Crippen LogP contribution in [0.25, 0.3) is 0 Å². The molecule has 5 nitrogen and oxygen atoms in total. The number of benzene rings is 2. The van der Waals surface area contributed by atoms with E-state index in [0.29, 0.717) is 24.5 Å².